The number of carbonyl (C=O) groups is 1. The Balaban J connectivity index is 2.50. The Kier molecular flexibility index (Phi) is 2.25. The van der Waals surface area contributed by atoms with E-state index in [0.29, 0.717) is 6.54 Å². The third-order valence-corrected chi connectivity index (χ3v) is 1.51. The van der Waals surface area contributed by atoms with Gasteiger partial charge >= 0.3 is 0 Å². The van der Waals surface area contributed by atoms with Gasteiger partial charge in [-0.15, -0.1) is 0 Å². The van der Waals surface area contributed by atoms with E-state index < -0.39 is 0 Å². The molecule has 0 fully saturated rings. The van der Waals surface area contributed by atoms with Crippen molar-refractivity contribution >= 4 is 5.91 Å². The van der Waals surface area contributed by atoms with Gasteiger partial charge in [0.15, 0.2) is 0 Å². The molecule has 0 aliphatic heterocycles. The Morgan fingerprint density at radius 3 is 3.00 bits per heavy atom. The van der Waals surface area contributed by atoms with Gasteiger partial charge in [0.25, 0.3) is 0 Å². The second-order valence-corrected chi connectivity index (χ2v) is 2.53. The Morgan fingerprint density at radius 2 is 2.55 bits per heavy atom. The fourth-order valence-corrected chi connectivity index (χ4v) is 0.779. The van der Waals surface area contributed by atoms with Crippen molar-refractivity contribution in [2.75, 3.05) is 0 Å². The summed E-state index contributed by atoms with van der Waals surface area (Å²) in [5, 5.41) is 3.95. The van der Waals surface area contributed by atoms with Crippen LogP contribution in [-0.4, -0.2) is 15.7 Å². The van der Waals surface area contributed by atoms with Gasteiger partial charge in [0, 0.05) is 12.4 Å². The first-order valence-electron chi connectivity index (χ1n) is 3.47. The highest BCUT2D eigenvalue weighted by molar-refractivity contribution is 5.76. The molecule has 60 valence electrons. The van der Waals surface area contributed by atoms with Crippen LogP contribution in [0.15, 0.2) is 18.5 Å². The Morgan fingerprint density at radius 1 is 1.82 bits per heavy atom. The van der Waals surface area contributed by atoms with Crippen LogP contribution in [0.5, 0.6) is 0 Å². The summed E-state index contributed by atoms with van der Waals surface area (Å²) in [6.45, 7) is 2.34. The number of carbonyl (C=O) groups excluding carboxylic acids is 1. The van der Waals surface area contributed by atoms with Crippen molar-refractivity contribution in [1.82, 2.24) is 9.78 Å². The SMILES string of the molecule is CC(Cn1cccn1)C(N)=O. The highest BCUT2D eigenvalue weighted by atomic mass is 16.1. The molecule has 0 aromatic carbocycles. The van der Waals surface area contributed by atoms with Gasteiger partial charge in [-0.05, 0) is 6.07 Å². The molecule has 0 saturated heterocycles. The molecule has 0 spiro atoms. The van der Waals surface area contributed by atoms with Gasteiger partial charge < -0.3 is 5.73 Å². The lowest BCUT2D eigenvalue weighted by Crippen LogP contribution is -2.24. The van der Waals surface area contributed by atoms with Gasteiger partial charge in [-0.3, -0.25) is 9.48 Å². The van der Waals surface area contributed by atoms with E-state index in [0.717, 1.165) is 0 Å². The minimum atomic E-state index is -0.291. The van der Waals surface area contributed by atoms with Crippen molar-refractivity contribution in [3.05, 3.63) is 18.5 Å². The van der Waals surface area contributed by atoms with Crippen molar-refractivity contribution in [2.45, 2.75) is 13.5 Å². The molecule has 0 aliphatic rings. The van der Waals surface area contributed by atoms with Gasteiger partial charge in [-0.2, -0.15) is 5.10 Å². The number of nitrogens with two attached hydrogens (primary N) is 1. The summed E-state index contributed by atoms with van der Waals surface area (Å²) in [5.41, 5.74) is 5.07. The first-order valence-corrected chi connectivity index (χ1v) is 3.47. The molecule has 1 unspecified atom stereocenters. The van der Waals surface area contributed by atoms with Crippen LogP contribution >= 0.6 is 0 Å². The summed E-state index contributed by atoms with van der Waals surface area (Å²) in [7, 11) is 0. The number of aromatic nitrogens is 2. The molecule has 1 aromatic rings. The zero-order valence-electron chi connectivity index (χ0n) is 6.40. The van der Waals surface area contributed by atoms with E-state index in [1.54, 1.807) is 24.0 Å². The number of primary amides is 1. The summed E-state index contributed by atoms with van der Waals surface area (Å²) in [6.07, 6.45) is 3.48. The van der Waals surface area contributed by atoms with Crippen molar-refractivity contribution in [2.24, 2.45) is 11.7 Å². The van der Waals surface area contributed by atoms with Crippen molar-refractivity contribution in [3.8, 4) is 0 Å². The number of rotatable bonds is 3. The van der Waals surface area contributed by atoms with Crippen LogP contribution in [-0.2, 0) is 11.3 Å². The van der Waals surface area contributed by atoms with Gasteiger partial charge in [-0.25, -0.2) is 0 Å². The fourth-order valence-electron chi connectivity index (χ4n) is 0.779. The lowest BCUT2D eigenvalue weighted by molar-refractivity contribution is -0.121. The Bertz CT molecular complexity index is 230. The molecular formula is C7H11N3O. The predicted molar refractivity (Wildman–Crippen MR) is 40.6 cm³/mol. The summed E-state index contributed by atoms with van der Waals surface area (Å²) in [4.78, 5) is 10.6. The van der Waals surface area contributed by atoms with Crippen LogP contribution < -0.4 is 5.73 Å². The highest BCUT2D eigenvalue weighted by Gasteiger charge is 2.08. The maximum absolute atomic E-state index is 10.6. The van der Waals surface area contributed by atoms with E-state index in [1.165, 1.54) is 0 Å². The lowest BCUT2D eigenvalue weighted by atomic mass is 10.2. The van der Waals surface area contributed by atoms with Crippen LogP contribution in [0.4, 0.5) is 0 Å². The van der Waals surface area contributed by atoms with Crippen LogP contribution in [0.3, 0.4) is 0 Å². The zero-order chi connectivity index (χ0) is 8.27. The smallest absolute Gasteiger partial charge is 0.222 e. The second kappa shape index (κ2) is 3.18. The number of hydrogen-bond acceptors (Lipinski definition) is 2. The third-order valence-electron chi connectivity index (χ3n) is 1.51. The molecule has 0 radical (unpaired) electrons. The molecule has 4 heteroatoms. The summed E-state index contributed by atoms with van der Waals surface area (Å²) in [5.74, 6) is -0.449. The van der Waals surface area contributed by atoms with Crippen molar-refractivity contribution in [1.29, 1.82) is 0 Å². The number of hydrogen-bond donors (Lipinski definition) is 1. The monoisotopic (exact) mass is 153 g/mol. The molecule has 1 rings (SSSR count). The number of amides is 1. The van der Waals surface area contributed by atoms with Gasteiger partial charge in [0.1, 0.15) is 0 Å². The lowest BCUT2D eigenvalue weighted by Gasteiger charge is -2.05. The summed E-state index contributed by atoms with van der Waals surface area (Å²) < 4.78 is 1.69. The zero-order valence-corrected chi connectivity index (χ0v) is 6.40. The van der Waals surface area contributed by atoms with E-state index in [-0.39, 0.29) is 11.8 Å². The summed E-state index contributed by atoms with van der Waals surface area (Å²) >= 11 is 0. The van der Waals surface area contributed by atoms with Crippen molar-refractivity contribution in [3.63, 3.8) is 0 Å². The van der Waals surface area contributed by atoms with Gasteiger partial charge in [-0.1, -0.05) is 6.92 Å². The molecule has 1 aromatic heterocycles. The first kappa shape index (κ1) is 7.78. The van der Waals surface area contributed by atoms with E-state index in [1.807, 2.05) is 6.07 Å². The normalized spacial score (nSPS) is 12.8. The second-order valence-electron chi connectivity index (χ2n) is 2.53. The molecule has 0 saturated carbocycles. The van der Waals surface area contributed by atoms with Crippen LogP contribution in [0.25, 0.3) is 0 Å². The van der Waals surface area contributed by atoms with E-state index in [4.69, 9.17) is 5.73 Å². The molecule has 1 atom stereocenters. The first-order chi connectivity index (χ1) is 5.20. The third kappa shape index (κ3) is 2.07. The molecule has 11 heavy (non-hydrogen) atoms. The van der Waals surface area contributed by atoms with E-state index in [2.05, 4.69) is 5.10 Å². The molecule has 4 nitrogen and oxygen atoms in total. The fraction of sp³-hybridized carbons (Fsp3) is 0.429. The Labute approximate surface area is 65.0 Å². The molecule has 0 aliphatic carbocycles. The predicted octanol–water partition coefficient (Wildman–Crippen LogP) is 0.00450. The van der Waals surface area contributed by atoms with E-state index in [9.17, 15) is 4.79 Å². The van der Waals surface area contributed by atoms with Gasteiger partial charge in [0.05, 0.1) is 12.5 Å². The van der Waals surface area contributed by atoms with Crippen LogP contribution in [0.1, 0.15) is 6.92 Å². The molecule has 1 heterocycles. The average Bonchev–Trinajstić information content (AvgIpc) is 2.39. The van der Waals surface area contributed by atoms with Crippen LogP contribution in [0, 0.1) is 5.92 Å². The molecular weight excluding hydrogens is 142 g/mol. The largest absolute Gasteiger partial charge is 0.369 e. The minimum absolute atomic E-state index is 0.158. The molecule has 2 N–H and O–H groups in total. The van der Waals surface area contributed by atoms with Crippen LogP contribution in [0.2, 0.25) is 0 Å². The molecule has 1 amide bonds. The Hall–Kier alpha value is -1.32. The standard InChI is InChI=1S/C7H11N3O/c1-6(7(8)11)5-10-4-2-3-9-10/h2-4,6H,5H2,1H3,(H2,8,11). The number of nitrogens with zero attached hydrogens (tertiary/aromatic N) is 2. The maximum Gasteiger partial charge on any atom is 0.222 e. The van der Waals surface area contributed by atoms with Crippen molar-refractivity contribution < 1.29 is 4.79 Å². The highest BCUT2D eigenvalue weighted by Crippen LogP contribution is 1.97. The minimum Gasteiger partial charge on any atom is -0.369 e. The topological polar surface area (TPSA) is 60.9 Å². The average molecular weight is 153 g/mol. The summed E-state index contributed by atoms with van der Waals surface area (Å²) in [6, 6.07) is 1.81. The quantitative estimate of drug-likeness (QED) is 0.664. The maximum atomic E-state index is 10.6. The van der Waals surface area contributed by atoms with Gasteiger partial charge in [0.2, 0.25) is 5.91 Å². The van der Waals surface area contributed by atoms with E-state index >= 15 is 0 Å². The molecule has 0 bridgehead atoms.